The molecule has 0 amide bonds. The number of aliphatic hydroxyl groups is 1. The van der Waals surface area contributed by atoms with Crippen molar-refractivity contribution in [2.75, 3.05) is 6.61 Å². The molecule has 1 atom stereocenters. The van der Waals surface area contributed by atoms with Gasteiger partial charge in [0.15, 0.2) is 0 Å². The van der Waals surface area contributed by atoms with E-state index in [1.54, 1.807) is 0 Å². The van der Waals surface area contributed by atoms with Crippen molar-refractivity contribution in [1.29, 1.82) is 0 Å². The molecule has 1 unspecified atom stereocenters. The molecule has 1 nitrogen and oxygen atoms in total. The van der Waals surface area contributed by atoms with Gasteiger partial charge in [-0.1, -0.05) is 33.1 Å². The van der Waals surface area contributed by atoms with Crippen molar-refractivity contribution in [3.63, 3.8) is 0 Å². The monoisotopic (exact) mass is 154 g/mol. The van der Waals surface area contributed by atoms with E-state index < -0.39 is 0 Å². The molecule has 2 heteroatoms. The molecule has 1 N–H and O–H groups in total. The standard InChI is InChI=1S/C8H18O.Na.H/c1-3-5-6-8(4-2)7-9;;/h8-9H,3-7H2,1-2H3;;. The summed E-state index contributed by atoms with van der Waals surface area (Å²) in [5, 5.41) is 8.75. The molecular formula is C8H19NaO. The molecule has 0 fully saturated rings. The third-order valence-electron chi connectivity index (χ3n) is 1.80. The van der Waals surface area contributed by atoms with E-state index in [1.165, 1.54) is 19.3 Å². The minimum atomic E-state index is 0. The van der Waals surface area contributed by atoms with Crippen LogP contribution in [-0.2, 0) is 0 Å². The van der Waals surface area contributed by atoms with Gasteiger partial charge < -0.3 is 5.11 Å². The first-order chi connectivity index (χ1) is 4.35. The van der Waals surface area contributed by atoms with E-state index in [9.17, 15) is 0 Å². The van der Waals surface area contributed by atoms with Gasteiger partial charge in [0.2, 0.25) is 0 Å². The Bertz CT molecular complexity index is 53.2. The van der Waals surface area contributed by atoms with E-state index in [0.29, 0.717) is 12.5 Å². The molecule has 10 heavy (non-hydrogen) atoms. The third kappa shape index (κ3) is 7.07. The fourth-order valence-corrected chi connectivity index (χ4v) is 0.917. The summed E-state index contributed by atoms with van der Waals surface area (Å²) in [5.74, 6) is 0.560. The number of unbranched alkanes of at least 4 members (excludes halogenated alkanes) is 1. The maximum atomic E-state index is 8.75. The summed E-state index contributed by atoms with van der Waals surface area (Å²) in [6.07, 6.45) is 4.83. The molecule has 0 aliphatic rings. The molecule has 0 aromatic carbocycles. The van der Waals surface area contributed by atoms with Crippen LogP contribution in [0, 0.1) is 5.92 Å². The normalized spacial score (nSPS) is 12.3. The molecule has 0 aliphatic heterocycles. The summed E-state index contributed by atoms with van der Waals surface area (Å²) in [4.78, 5) is 0. The number of aliphatic hydroxyl groups excluding tert-OH is 1. The van der Waals surface area contributed by atoms with Gasteiger partial charge in [-0.25, -0.2) is 0 Å². The summed E-state index contributed by atoms with van der Waals surface area (Å²) >= 11 is 0. The second kappa shape index (κ2) is 9.96. The van der Waals surface area contributed by atoms with Crippen LogP contribution in [0.4, 0.5) is 0 Å². The number of rotatable bonds is 5. The van der Waals surface area contributed by atoms with Gasteiger partial charge >= 0.3 is 29.6 Å². The Morgan fingerprint density at radius 2 is 1.90 bits per heavy atom. The van der Waals surface area contributed by atoms with Gasteiger partial charge in [0.05, 0.1) is 0 Å². The van der Waals surface area contributed by atoms with Crippen LogP contribution in [0.2, 0.25) is 0 Å². The van der Waals surface area contributed by atoms with E-state index in [4.69, 9.17) is 5.11 Å². The van der Waals surface area contributed by atoms with Crippen LogP contribution in [0.5, 0.6) is 0 Å². The topological polar surface area (TPSA) is 20.2 Å². The first kappa shape index (κ1) is 13.5. The van der Waals surface area contributed by atoms with Gasteiger partial charge in [-0.05, 0) is 12.3 Å². The average molecular weight is 154 g/mol. The summed E-state index contributed by atoms with van der Waals surface area (Å²) in [6.45, 7) is 4.69. The molecule has 0 aromatic rings. The molecular weight excluding hydrogens is 135 g/mol. The fourth-order valence-electron chi connectivity index (χ4n) is 0.917. The molecule has 0 radical (unpaired) electrons. The van der Waals surface area contributed by atoms with Crippen LogP contribution < -0.4 is 0 Å². The Morgan fingerprint density at radius 3 is 2.20 bits per heavy atom. The molecule has 58 valence electrons. The zero-order valence-electron chi connectivity index (χ0n) is 6.56. The Labute approximate surface area is 86.5 Å². The van der Waals surface area contributed by atoms with E-state index in [0.717, 1.165) is 6.42 Å². The first-order valence-corrected chi connectivity index (χ1v) is 3.96. The predicted molar refractivity (Wildman–Crippen MR) is 47.5 cm³/mol. The average Bonchev–Trinajstić information content (AvgIpc) is 1.91. The maximum absolute atomic E-state index is 8.75. The fraction of sp³-hybridized carbons (Fsp3) is 1.00. The number of hydrogen-bond acceptors (Lipinski definition) is 1. The Morgan fingerprint density at radius 1 is 1.30 bits per heavy atom. The van der Waals surface area contributed by atoms with Gasteiger partial charge in [-0.2, -0.15) is 0 Å². The van der Waals surface area contributed by atoms with Crippen LogP contribution in [0.1, 0.15) is 39.5 Å². The van der Waals surface area contributed by atoms with Crippen LogP contribution >= 0.6 is 0 Å². The van der Waals surface area contributed by atoms with Crippen LogP contribution in [-0.4, -0.2) is 41.3 Å². The van der Waals surface area contributed by atoms with Crippen LogP contribution in [0.25, 0.3) is 0 Å². The van der Waals surface area contributed by atoms with E-state index >= 15 is 0 Å². The molecule has 0 aromatic heterocycles. The van der Waals surface area contributed by atoms with Gasteiger partial charge in [0.1, 0.15) is 0 Å². The Hall–Kier alpha value is 0.960. The van der Waals surface area contributed by atoms with Crippen LogP contribution in [0.3, 0.4) is 0 Å². The van der Waals surface area contributed by atoms with Crippen molar-refractivity contribution < 1.29 is 5.11 Å². The molecule has 0 rings (SSSR count). The van der Waals surface area contributed by atoms with E-state index in [2.05, 4.69) is 13.8 Å². The first-order valence-electron chi connectivity index (χ1n) is 3.96. The quantitative estimate of drug-likeness (QED) is 0.596. The minimum absolute atomic E-state index is 0. The van der Waals surface area contributed by atoms with Crippen molar-refractivity contribution in [1.82, 2.24) is 0 Å². The zero-order chi connectivity index (χ0) is 7.11. The summed E-state index contributed by atoms with van der Waals surface area (Å²) < 4.78 is 0. The van der Waals surface area contributed by atoms with E-state index in [1.807, 2.05) is 0 Å². The summed E-state index contributed by atoms with van der Waals surface area (Å²) in [7, 11) is 0. The molecule has 0 aliphatic carbocycles. The third-order valence-corrected chi connectivity index (χ3v) is 1.80. The van der Waals surface area contributed by atoms with Gasteiger partial charge in [-0.15, -0.1) is 0 Å². The molecule has 0 heterocycles. The second-order valence-corrected chi connectivity index (χ2v) is 2.60. The summed E-state index contributed by atoms with van der Waals surface area (Å²) in [5.41, 5.74) is 0. The Kier molecular flexibility index (Phi) is 13.5. The summed E-state index contributed by atoms with van der Waals surface area (Å²) in [6, 6.07) is 0. The molecule has 0 saturated carbocycles. The second-order valence-electron chi connectivity index (χ2n) is 2.60. The van der Waals surface area contributed by atoms with Gasteiger partial charge in [0.25, 0.3) is 0 Å². The van der Waals surface area contributed by atoms with Gasteiger partial charge in [0, 0.05) is 6.61 Å². The SMILES string of the molecule is CCCCC(CC)CO.[NaH]. The molecule has 0 saturated heterocycles. The molecule has 0 spiro atoms. The van der Waals surface area contributed by atoms with Crippen molar-refractivity contribution >= 4 is 29.6 Å². The van der Waals surface area contributed by atoms with Crippen molar-refractivity contribution in [3.8, 4) is 0 Å². The van der Waals surface area contributed by atoms with Crippen molar-refractivity contribution in [3.05, 3.63) is 0 Å². The Balaban J connectivity index is 0. The van der Waals surface area contributed by atoms with Crippen LogP contribution in [0.15, 0.2) is 0 Å². The van der Waals surface area contributed by atoms with Gasteiger partial charge in [-0.3, -0.25) is 0 Å². The van der Waals surface area contributed by atoms with Crippen molar-refractivity contribution in [2.45, 2.75) is 39.5 Å². The zero-order valence-corrected chi connectivity index (χ0v) is 6.56. The predicted octanol–water partition coefficient (Wildman–Crippen LogP) is 1.55. The number of hydrogen-bond donors (Lipinski definition) is 1. The molecule has 0 bridgehead atoms. The van der Waals surface area contributed by atoms with Crippen molar-refractivity contribution in [2.24, 2.45) is 5.92 Å². The van der Waals surface area contributed by atoms with E-state index in [-0.39, 0.29) is 29.6 Å².